The van der Waals surface area contributed by atoms with Crippen LogP contribution in [0.25, 0.3) is 0 Å². The Kier molecular flexibility index (Phi) is 73.3. The van der Waals surface area contributed by atoms with Gasteiger partial charge in [0.15, 0.2) is 6.10 Å². The summed E-state index contributed by atoms with van der Waals surface area (Å²) in [5.41, 5.74) is 0. The zero-order valence-electron chi connectivity index (χ0n) is 63.0. The number of esters is 2. The van der Waals surface area contributed by atoms with Crippen LogP contribution in [0.2, 0.25) is 0 Å². The maximum atomic E-state index is 13.0. The predicted molar refractivity (Wildman–Crippen MR) is 401 cm³/mol. The van der Waals surface area contributed by atoms with E-state index in [9.17, 15) is 19.5 Å². The van der Waals surface area contributed by atoms with Gasteiger partial charge in [0.2, 0.25) is 0 Å². The van der Waals surface area contributed by atoms with Gasteiger partial charge in [0.05, 0.1) is 34.4 Å². The lowest BCUT2D eigenvalue weighted by atomic mass is 10.0. The largest absolute Gasteiger partial charge is 0.477 e. The number of aliphatic carboxylic acids is 1. The molecule has 0 rings (SSSR count). The van der Waals surface area contributed by atoms with E-state index in [2.05, 4.69) is 50.3 Å². The molecule has 0 fully saturated rings. The van der Waals surface area contributed by atoms with E-state index in [0.29, 0.717) is 17.4 Å². The van der Waals surface area contributed by atoms with E-state index in [1.807, 2.05) is 21.1 Å². The molecule has 0 saturated carbocycles. The Hall–Kier alpha value is -2.49. The van der Waals surface area contributed by atoms with E-state index in [4.69, 9.17) is 18.9 Å². The number of carbonyl (C=O) groups is 3. The average Bonchev–Trinajstić information content (AvgIpc) is 3.73. The standard InChI is InChI=1S/C84H159NO8/c1-6-8-10-12-14-16-18-20-22-24-26-28-30-32-34-36-38-39-40-41-42-43-45-47-49-51-53-55-57-59-61-63-65-67-69-71-73-75-82(87)93-80(79-92-84(83(88)89)90-77-76-85(3,4)5)78-91-81(86)74-72-70-68-66-64-62-60-58-56-54-52-50-48-46-44-37-35-33-31-29-27-25-23-21-19-17-15-13-11-9-7-2/h18,20,24,26,30,32,80,84H,6-17,19,21-23,25,27-29,31,33-79H2,1-5H3/p+1/b20-18-,26-24-,32-30-. The fourth-order valence-corrected chi connectivity index (χ4v) is 12.6. The molecule has 0 aliphatic carbocycles. The van der Waals surface area contributed by atoms with Crippen LogP contribution in [0.5, 0.6) is 0 Å². The molecule has 1 N–H and O–H groups in total. The topological polar surface area (TPSA) is 108 Å². The second kappa shape index (κ2) is 75.3. The lowest BCUT2D eigenvalue weighted by Gasteiger charge is -2.25. The van der Waals surface area contributed by atoms with Crippen molar-refractivity contribution in [1.29, 1.82) is 0 Å². The molecule has 0 heterocycles. The van der Waals surface area contributed by atoms with Gasteiger partial charge in [-0.25, -0.2) is 4.79 Å². The molecule has 9 heteroatoms. The monoisotopic (exact) mass is 1310 g/mol. The summed E-state index contributed by atoms with van der Waals surface area (Å²) in [5, 5.41) is 9.78. The Labute approximate surface area is 579 Å². The van der Waals surface area contributed by atoms with Gasteiger partial charge in [-0.05, 0) is 51.4 Å². The van der Waals surface area contributed by atoms with Gasteiger partial charge in [0.1, 0.15) is 13.2 Å². The molecule has 9 nitrogen and oxygen atoms in total. The third-order valence-corrected chi connectivity index (χ3v) is 18.9. The van der Waals surface area contributed by atoms with E-state index in [1.54, 1.807) is 0 Å². The average molecular weight is 1310 g/mol. The van der Waals surface area contributed by atoms with Gasteiger partial charge in [-0.2, -0.15) is 0 Å². The summed E-state index contributed by atoms with van der Waals surface area (Å²) >= 11 is 0. The number of nitrogens with zero attached hydrogens (tertiary/aromatic N) is 1. The second-order valence-electron chi connectivity index (χ2n) is 29.4. The summed E-state index contributed by atoms with van der Waals surface area (Å²) in [7, 11) is 6.00. The number of quaternary nitrogens is 1. The van der Waals surface area contributed by atoms with Gasteiger partial charge in [-0.15, -0.1) is 0 Å². The summed E-state index contributed by atoms with van der Waals surface area (Å²) < 4.78 is 23.1. The first-order chi connectivity index (χ1) is 45.6. The normalized spacial score (nSPS) is 12.7. The Morgan fingerprint density at radius 2 is 0.581 bits per heavy atom. The van der Waals surface area contributed by atoms with Crippen LogP contribution >= 0.6 is 0 Å². The molecule has 2 unspecified atom stereocenters. The van der Waals surface area contributed by atoms with Gasteiger partial charge >= 0.3 is 17.9 Å². The molecule has 0 aromatic rings. The first kappa shape index (κ1) is 90.5. The molecular formula is C84H160NO8+. The van der Waals surface area contributed by atoms with Crippen LogP contribution < -0.4 is 0 Å². The highest BCUT2D eigenvalue weighted by molar-refractivity contribution is 5.71. The van der Waals surface area contributed by atoms with Crippen molar-refractivity contribution in [3.8, 4) is 0 Å². The van der Waals surface area contributed by atoms with Crippen LogP contribution in [0.4, 0.5) is 0 Å². The van der Waals surface area contributed by atoms with Gasteiger partial charge < -0.3 is 28.5 Å². The third kappa shape index (κ3) is 76.7. The molecule has 93 heavy (non-hydrogen) atoms. The SMILES string of the molecule is CCCCCCC/C=C\C/C=C\C/C=C\CCCCCCCCCCCCCCCCCCCCCCCCC(=O)OC(COC(=O)CCCCCCCCCCCCCCCCCCCCCCCCCCCCCCCCC)COC(OCC[N+](C)(C)C)C(=O)O. The molecule has 0 aliphatic heterocycles. The number of allylic oxidation sites excluding steroid dienone is 6. The van der Waals surface area contributed by atoms with Crippen LogP contribution in [0, 0.1) is 0 Å². The van der Waals surface area contributed by atoms with Gasteiger partial charge in [0.25, 0.3) is 6.29 Å². The summed E-state index contributed by atoms with van der Waals surface area (Å²) in [4.78, 5) is 37.7. The molecule has 0 saturated heterocycles. The summed E-state index contributed by atoms with van der Waals surface area (Å²) in [6.07, 6.45) is 94.6. The number of rotatable bonds is 78. The number of carboxylic acids is 1. The van der Waals surface area contributed by atoms with Crippen LogP contribution in [0.15, 0.2) is 36.5 Å². The molecule has 0 spiro atoms. The van der Waals surface area contributed by atoms with Crippen molar-refractivity contribution in [1.82, 2.24) is 0 Å². The fraction of sp³-hybridized carbons (Fsp3) is 0.893. The maximum absolute atomic E-state index is 13.0. The highest BCUT2D eigenvalue weighted by Gasteiger charge is 2.25. The van der Waals surface area contributed by atoms with E-state index in [1.165, 1.54) is 347 Å². The molecule has 0 radical (unpaired) electrons. The van der Waals surface area contributed by atoms with Crippen molar-refractivity contribution in [2.45, 2.75) is 437 Å². The first-order valence-corrected chi connectivity index (χ1v) is 41.2. The molecule has 2 atom stereocenters. The Morgan fingerprint density at radius 3 is 0.860 bits per heavy atom. The number of hydrogen-bond donors (Lipinski definition) is 1. The van der Waals surface area contributed by atoms with Crippen molar-refractivity contribution in [3.05, 3.63) is 36.5 Å². The maximum Gasteiger partial charge on any atom is 0.361 e. The summed E-state index contributed by atoms with van der Waals surface area (Å²) in [6, 6.07) is 0. The number of unbranched alkanes of at least 4 members (excludes halogenated alkanes) is 57. The van der Waals surface area contributed by atoms with Crippen LogP contribution in [-0.4, -0.2) is 87.4 Å². The van der Waals surface area contributed by atoms with E-state index in [0.717, 1.165) is 51.4 Å². The van der Waals surface area contributed by atoms with Gasteiger partial charge in [0, 0.05) is 12.8 Å². The van der Waals surface area contributed by atoms with E-state index < -0.39 is 18.4 Å². The predicted octanol–water partition coefficient (Wildman–Crippen LogP) is 26.3. The zero-order valence-corrected chi connectivity index (χ0v) is 63.0. The number of carboxylic acid groups (broad SMARTS) is 1. The number of likely N-dealkylation sites (N-methyl/N-ethyl adjacent to an activating group) is 1. The number of ether oxygens (including phenoxy) is 4. The lowest BCUT2D eigenvalue weighted by molar-refractivity contribution is -0.870. The Bertz CT molecular complexity index is 1620. The highest BCUT2D eigenvalue weighted by atomic mass is 16.7. The minimum Gasteiger partial charge on any atom is -0.477 e. The van der Waals surface area contributed by atoms with E-state index >= 15 is 0 Å². The zero-order chi connectivity index (χ0) is 67.5. The molecule has 0 aromatic carbocycles. The molecule has 548 valence electrons. The van der Waals surface area contributed by atoms with Crippen molar-refractivity contribution in [3.63, 3.8) is 0 Å². The fourth-order valence-electron chi connectivity index (χ4n) is 12.6. The van der Waals surface area contributed by atoms with Crippen LogP contribution in [0.1, 0.15) is 425 Å². The summed E-state index contributed by atoms with van der Waals surface area (Å²) in [6.45, 7) is 4.95. The molecule has 0 aromatic heterocycles. The molecule has 0 bridgehead atoms. The second-order valence-corrected chi connectivity index (χ2v) is 29.4. The Balaban J connectivity index is 3.95. The molecular weight excluding hydrogens is 1150 g/mol. The van der Waals surface area contributed by atoms with Crippen molar-refractivity contribution in [2.75, 3.05) is 47.5 Å². The van der Waals surface area contributed by atoms with Crippen LogP contribution in [-0.2, 0) is 33.3 Å². The van der Waals surface area contributed by atoms with Crippen molar-refractivity contribution in [2.24, 2.45) is 0 Å². The van der Waals surface area contributed by atoms with Crippen molar-refractivity contribution < 1.29 is 42.9 Å². The number of carbonyl (C=O) groups excluding carboxylic acids is 2. The quantitative estimate of drug-likeness (QED) is 0.0211. The lowest BCUT2D eigenvalue weighted by Crippen LogP contribution is -2.40. The van der Waals surface area contributed by atoms with Crippen LogP contribution in [0.3, 0.4) is 0 Å². The third-order valence-electron chi connectivity index (χ3n) is 18.9. The summed E-state index contributed by atoms with van der Waals surface area (Å²) in [5.74, 6) is -1.97. The first-order valence-electron chi connectivity index (χ1n) is 41.2. The highest BCUT2D eigenvalue weighted by Crippen LogP contribution is 2.20. The van der Waals surface area contributed by atoms with E-state index in [-0.39, 0.29) is 38.2 Å². The Morgan fingerprint density at radius 1 is 0.323 bits per heavy atom. The molecule has 0 amide bonds. The van der Waals surface area contributed by atoms with Crippen molar-refractivity contribution >= 4 is 17.9 Å². The minimum absolute atomic E-state index is 0.174. The number of hydrogen-bond acceptors (Lipinski definition) is 7. The van der Waals surface area contributed by atoms with Gasteiger partial charge in [-0.1, -0.05) is 397 Å². The van der Waals surface area contributed by atoms with Gasteiger partial charge in [-0.3, -0.25) is 9.59 Å². The minimum atomic E-state index is -1.51. The molecule has 0 aliphatic rings. The smallest absolute Gasteiger partial charge is 0.361 e.